The number of nitrogens with zero attached hydrogens (tertiary/aromatic N) is 4. The molecule has 0 saturated carbocycles. The molecule has 2 aliphatic rings. The topological polar surface area (TPSA) is 113 Å². The van der Waals surface area contributed by atoms with Crippen molar-refractivity contribution in [3.8, 4) is 5.69 Å². The lowest BCUT2D eigenvalue weighted by molar-refractivity contribution is 0.0587. The molecule has 1 aliphatic heterocycles. The number of carbonyl (C=O) groups excluding carboxylic acids is 2. The van der Waals surface area contributed by atoms with Gasteiger partial charge in [0.1, 0.15) is 6.61 Å². The first-order valence-corrected chi connectivity index (χ1v) is 11.4. The third-order valence-electron chi connectivity index (χ3n) is 6.28. The van der Waals surface area contributed by atoms with Gasteiger partial charge in [0.2, 0.25) is 5.69 Å². The zero-order chi connectivity index (χ0) is 24.7. The molecule has 1 amide bonds. The van der Waals surface area contributed by atoms with Crippen LogP contribution < -0.4 is 16.1 Å². The number of halogens is 1. The van der Waals surface area contributed by atoms with Crippen LogP contribution in [0, 0.1) is 0 Å². The number of fused-ring (bicyclic) bond motifs is 1. The van der Waals surface area contributed by atoms with Crippen molar-refractivity contribution in [1.82, 2.24) is 14.3 Å². The zero-order valence-electron chi connectivity index (χ0n) is 18.8. The van der Waals surface area contributed by atoms with Crippen molar-refractivity contribution >= 4 is 29.4 Å². The van der Waals surface area contributed by atoms with Crippen molar-refractivity contribution < 1.29 is 19.1 Å². The van der Waals surface area contributed by atoms with Crippen molar-refractivity contribution in [3.05, 3.63) is 85.1 Å². The van der Waals surface area contributed by atoms with Gasteiger partial charge in [-0.3, -0.25) is 9.69 Å². The van der Waals surface area contributed by atoms with Gasteiger partial charge in [-0.05, 0) is 60.7 Å². The van der Waals surface area contributed by atoms with E-state index >= 15 is 0 Å². The Morgan fingerprint density at radius 1 is 1.11 bits per heavy atom. The van der Waals surface area contributed by atoms with Crippen molar-refractivity contribution in [2.75, 3.05) is 25.2 Å². The smallest absolute Gasteiger partial charge is 0.414 e. The molecule has 1 atom stereocenters. The van der Waals surface area contributed by atoms with Crippen LogP contribution >= 0.6 is 11.6 Å². The Morgan fingerprint density at radius 3 is 2.54 bits per heavy atom. The van der Waals surface area contributed by atoms with E-state index in [1.807, 2.05) is 6.07 Å². The van der Waals surface area contributed by atoms with Gasteiger partial charge in [0.25, 0.3) is 5.56 Å². The number of hydrogen-bond donors (Lipinski definition) is 0. The van der Waals surface area contributed by atoms with Gasteiger partial charge in [0, 0.05) is 10.7 Å². The van der Waals surface area contributed by atoms with Crippen molar-refractivity contribution in [3.63, 3.8) is 0 Å². The molecule has 10 nitrogen and oxygen atoms in total. The fourth-order valence-corrected chi connectivity index (χ4v) is 4.88. The van der Waals surface area contributed by atoms with Gasteiger partial charge in [0.15, 0.2) is 0 Å². The lowest BCUT2D eigenvalue weighted by Gasteiger charge is -2.27. The van der Waals surface area contributed by atoms with Gasteiger partial charge < -0.3 is 9.47 Å². The summed E-state index contributed by atoms with van der Waals surface area (Å²) in [6.45, 7) is 0.708. The Morgan fingerprint density at radius 2 is 1.86 bits per heavy atom. The van der Waals surface area contributed by atoms with Crippen LogP contribution in [-0.2, 0) is 15.9 Å². The van der Waals surface area contributed by atoms with E-state index in [0.717, 1.165) is 33.9 Å². The molecule has 0 spiro atoms. The van der Waals surface area contributed by atoms with Crippen LogP contribution in [-0.4, -0.2) is 46.7 Å². The van der Waals surface area contributed by atoms with E-state index in [-0.39, 0.29) is 0 Å². The number of anilines is 1. The van der Waals surface area contributed by atoms with Crippen molar-refractivity contribution in [2.24, 2.45) is 0 Å². The number of rotatable bonds is 4. The number of cyclic esters (lactones) is 1. The number of ether oxygens (including phenoxy) is 2. The van der Waals surface area contributed by atoms with Crippen LogP contribution in [0.5, 0.6) is 0 Å². The maximum atomic E-state index is 13.6. The fraction of sp³-hybridized carbons (Fsp3) is 0.292. The normalized spacial score (nSPS) is 17.1. The van der Waals surface area contributed by atoms with Gasteiger partial charge in [0.05, 0.1) is 25.4 Å². The third kappa shape index (κ3) is 3.89. The predicted molar refractivity (Wildman–Crippen MR) is 127 cm³/mol. The van der Waals surface area contributed by atoms with Crippen LogP contribution in [0.3, 0.4) is 0 Å². The highest BCUT2D eigenvalue weighted by atomic mass is 35.5. The quantitative estimate of drug-likeness (QED) is 0.510. The highest BCUT2D eigenvalue weighted by Gasteiger charge is 2.30. The molecule has 0 bridgehead atoms. The molecule has 3 aromatic rings. The average molecular weight is 497 g/mol. The van der Waals surface area contributed by atoms with Crippen LogP contribution in [0.4, 0.5) is 10.5 Å². The minimum Gasteiger partial charge on any atom is -0.464 e. The summed E-state index contributed by atoms with van der Waals surface area (Å²) in [6.07, 6.45) is 1.50. The second-order valence-electron chi connectivity index (χ2n) is 8.21. The number of aromatic nitrogens is 3. The molecule has 0 N–H and O–H groups in total. The monoisotopic (exact) mass is 496 g/mol. The Balaban J connectivity index is 1.67. The summed E-state index contributed by atoms with van der Waals surface area (Å²) >= 11 is 6.39. The van der Waals surface area contributed by atoms with Crippen molar-refractivity contribution in [1.29, 1.82) is 0 Å². The highest BCUT2D eigenvalue weighted by Crippen LogP contribution is 2.35. The first-order valence-electron chi connectivity index (χ1n) is 11.1. The Bertz CT molecular complexity index is 1450. The second-order valence-corrected chi connectivity index (χ2v) is 8.61. The summed E-state index contributed by atoms with van der Waals surface area (Å²) in [5.74, 6) is -0.948. The molecule has 35 heavy (non-hydrogen) atoms. The predicted octanol–water partition coefficient (Wildman–Crippen LogP) is 2.72. The van der Waals surface area contributed by atoms with Crippen LogP contribution in [0.15, 0.2) is 52.1 Å². The van der Waals surface area contributed by atoms with Gasteiger partial charge in [-0.15, -0.1) is 0 Å². The number of methoxy groups -OCH3 is 1. The maximum Gasteiger partial charge on any atom is 0.414 e. The first-order chi connectivity index (χ1) is 16.9. The van der Waals surface area contributed by atoms with E-state index < -0.39 is 35.0 Å². The Labute approximate surface area is 204 Å². The van der Waals surface area contributed by atoms with Crippen LogP contribution in [0.1, 0.15) is 40.5 Å². The van der Waals surface area contributed by atoms with E-state index in [2.05, 4.69) is 5.10 Å². The summed E-state index contributed by atoms with van der Waals surface area (Å²) in [4.78, 5) is 52.7. The lowest BCUT2D eigenvalue weighted by atomic mass is 9.87. The molecule has 180 valence electrons. The van der Waals surface area contributed by atoms with Gasteiger partial charge in [-0.2, -0.15) is 9.78 Å². The molecule has 5 rings (SSSR count). The number of esters is 1. The van der Waals surface area contributed by atoms with Crippen LogP contribution in [0.2, 0.25) is 5.02 Å². The summed E-state index contributed by atoms with van der Waals surface area (Å²) in [5, 5.41) is 4.62. The molecule has 2 heterocycles. The SMILES string of the molecule is COC(=O)c1nn(-c2ccc(N3CCOC3=O)cc2)c(=O)n(C2CCCc3c(Cl)cccc32)c1=O. The van der Waals surface area contributed by atoms with Gasteiger partial charge >= 0.3 is 17.8 Å². The molecule has 1 saturated heterocycles. The Hall–Kier alpha value is -3.92. The maximum absolute atomic E-state index is 13.6. The summed E-state index contributed by atoms with van der Waals surface area (Å²) in [7, 11) is 1.14. The molecule has 11 heteroatoms. The fourth-order valence-electron chi connectivity index (χ4n) is 4.61. The molecular weight excluding hydrogens is 476 g/mol. The van der Waals surface area contributed by atoms with Crippen LogP contribution in [0.25, 0.3) is 5.69 Å². The average Bonchev–Trinajstić information content (AvgIpc) is 3.30. The van der Waals surface area contributed by atoms with Gasteiger partial charge in [-0.1, -0.05) is 23.7 Å². The number of benzene rings is 2. The molecule has 1 unspecified atom stereocenters. The molecule has 0 radical (unpaired) electrons. The lowest BCUT2D eigenvalue weighted by Crippen LogP contribution is -2.47. The van der Waals surface area contributed by atoms with E-state index in [0.29, 0.717) is 42.4 Å². The number of carbonyl (C=O) groups is 2. The van der Waals surface area contributed by atoms with E-state index in [1.54, 1.807) is 36.4 Å². The second kappa shape index (κ2) is 9.03. The summed E-state index contributed by atoms with van der Waals surface area (Å²) < 4.78 is 11.8. The molecule has 2 aromatic carbocycles. The van der Waals surface area contributed by atoms with E-state index in [4.69, 9.17) is 21.1 Å². The minimum atomic E-state index is -0.948. The van der Waals surface area contributed by atoms with Crippen molar-refractivity contribution in [2.45, 2.75) is 25.3 Å². The number of amides is 1. The number of hydrogen-bond acceptors (Lipinski definition) is 7. The van der Waals surface area contributed by atoms with E-state index in [1.165, 1.54) is 4.90 Å². The standard InChI is InChI=1S/C24H21ClN4O6/c1-34-22(31)20-21(30)28(19-7-3-4-16-17(19)5-2-6-18(16)25)23(32)29(26-20)15-10-8-14(9-11-15)27-12-13-35-24(27)33/h2,5-6,8-11,19H,3-4,7,12-13H2,1H3. The van der Waals surface area contributed by atoms with Gasteiger partial charge in [-0.25, -0.2) is 19.0 Å². The molecule has 1 aromatic heterocycles. The largest absolute Gasteiger partial charge is 0.464 e. The Kier molecular flexibility index (Phi) is 5.89. The molecule has 1 aliphatic carbocycles. The minimum absolute atomic E-state index is 0.294. The molecular formula is C24H21ClN4O6. The first kappa shape index (κ1) is 22.9. The zero-order valence-corrected chi connectivity index (χ0v) is 19.5. The van der Waals surface area contributed by atoms with E-state index in [9.17, 15) is 19.2 Å². The molecule has 1 fully saturated rings. The highest BCUT2D eigenvalue weighted by molar-refractivity contribution is 6.31. The third-order valence-corrected chi connectivity index (χ3v) is 6.64. The summed E-state index contributed by atoms with van der Waals surface area (Å²) in [5.41, 5.74) is 0.504. The summed E-state index contributed by atoms with van der Waals surface area (Å²) in [6, 6.07) is 11.2.